The summed E-state index contributed by atoms with van der Waals surface area (Å²) in [6, 6.07) is 0. The van der Waals surface area contributed by atoms with E-state index < -0.39 is 0 Å². The first-order valence-electron chi connectivity index (χ1n) is 7.93. The van der Waals surface area contributed by atoms with Gasteiger partial charge in [0.2, 0.25) is 0 Å². The summed E-state index contributed by atoms with van der Waals surface area (Å²) in [5, 5.41) is 3.44. The van der Waals surface area contributed by atoms with E-state index in [-0.39, 0.29) is 0 Å². The zero-order valence-electron chi connectivity index (χ0n) is 12.9. The average Bonchev–Trinajstić information content (AvgIpc) is 2.48. The van der Waals surface area contributed by atoms with Crippen molar-refractivity contribution >= 4 is 28.4 Å². The van der Waals surface area contributed by atoms with Gasteiger partial charge in [0.25, 0.3) is 0 Å². The normalized spacial score (nSPS) is 22.8. The van der Waals surface area contributed by atoms with Crippen LogP contribution in [0.15, 0.2) is 0 Å². The molecule has 0 atom stereocenters. The number of nitrogens with one attached hydrogen (secondary N) is 1. The molecule has 0 unspecified atom stereocenters. The van der Waals surface area contributed by atoms with Crippen LogP contribution >= 0.6 is 22.6 Å². The first-order valence-corrected chi connectivity index (χ1v) is 9.01. The Labute approximate surface area is 136 Å². The van der Waals surface area contributed by atoms with Crippen molar-refractivity contribution in [1.29, 1.82) is 0 Å². The molecule has 2 rings (SSSR count). The molecular formula is C16H26IN3. The monoisotopic (exact) mass is 387 g/mol. The van der Waals surface area contributed by atoms with Crippen LogP contribution in [0.4, 0.5) is 5.82 Å². The van der Waals surface area contributed by atoms with Crippen LogP contribution in [0.1, 0.15) is 69.8 Å². The molecule has 0 saturated heterocycles. The average molecular weight is 387 g/mol. The topological polar surface area (TPSA) is 37.8 Å². The first-order chi connectivity index (χ1) is 9.65. The fourth-order valence-corrected chi connectivity index (χ4v) is 3.38. The number of rotatable bonds is 5. The van der Waals surface area contributed by atoms with E-state index in [1.807, 2.05) is 0 Å². The second-order valence-corrected chi connectivity index (χ2v) is 6.96. The van der Waals surface area contributed by atoms with Gasteiger partial charge in [-0.2, -0.15) is 0 Å². The number of aryl methyl sites for hydroxylation is 1. The molecule has 0 spiro atoms. The van der Waals surface area contributed by atoms with Crippen molar-refractivity contribution in [2.24, 2.45) is 5.92 Å². The Morgan fingerprint density at radius 1 is 1.15 bits per heavy atom. The number of anilines is 1. The van der Waals surface area contributed by atoms with Crippen LogP contribution in [0, 0.1) is 16.4 Å². The highest BCUT2D eigenvalue weighted by Gasteiger charge is 2.24. The van der Waals surface area contributed by atoms with Crippen molar-refractivity contribution in [3.63, 3.8) is 0 Å². The number of hydrogen-bond acceptors (Lipinski definition) is 3. The summed E-state index contributed by atoms with van der Waals surface area (Å²) in [6.45, 7) is 7.57. The van der Waals surface area contributed by atoms with Gasteiger partial charge in [-0.1, -0.05) is 20.3 Å². The Balaban J connectivity index is 2.13. The van der Waals surface area contributed by atoms with Gasteiger partial charge in [-0.25, -0.2) is 9.97 Å². The van der Waals surface area contributed by atoms with Gasteiger partial charge in [-0.3, -0.25) is 0 Å². The van der Waals surface area contributed by atoms with E-state index in [1.165, 1.54) is 35.7 Å². The maximum absolute atomic E-state index is 4.82. The van der Waals surface area contributed by atoms with E-state index in [0.29, 0.717) is 5.92 Å². The van der Waals surface area contributed by atoms with E-state index in [4.69, 9.17) is 9.97 Å². The molecule has 1 aromatic rings. The Kier molecular flexibility index (Phi) is 6.05. The minimum absolute atomic E-state index is 0.565. The SMILES string of the molecule is CCCNc1nc(C2CCC(CC)CC2)nc(C)c1I. The molecular weight excluding hydrogens is 361 g/mol. The molecule has 1 saturated carbocycles. The van der Waals surface area contributed by atoms with E-state index >= 15 is 0 Å². The summed E-state index contributed by atoms with van der Waals surface area (Å²) < 4.78 is 1.17. The van der Waals surface area contributed by atoms with Crippen LogP contribution in [-0.2, 0) is 0 Å². The second-order valence-electron chi connectivity index (χ2n) is 5.88. The molecule has 1 heterocycles. The molecule has 1 fully saturated rings. The maximum atomic E-state index is 4.82. The molecule has 1 N–H and O–H groups in total. The fraction of sp³-hybridized carbons (Fsp3) is 0.750. The fourth-order valence-electron chi connectivity index (χ4n) is 2.95. The summed E-state index contributed by atoms with van der Waals surface area (Å²) in [5.74, 6) is 3.59. The number of halogens is 1. The predicted molar refractivity (Wildman–Crippen MR) is 93.3 cm³/mol. The van der Waals surface area contributed by atoms with Crippen molar-refractivity contribution in [3.05, 3.63) is 15.1 Å². The minimum Gasteiger partial charge on any atom is -0.369 e. The molecule has 1 aliphatic rings. The second kappa shape index (κ2) is 7.57. The van der Waals surface area contributed by atoms with Crippen molar-refractivity contribution in [3.8, 4) is 0 Å². The third-order valence-corrected chi connectivity index (χ3v) is 5.66. The van der Waals surface area contributed by atoms with Crippen LogP contribution in [-0.4, -0.2) is 16.5 Å². The number of nitrogens with zero attached hydrogens (tertiary/aromatic N) is 2. The van der Waals surface area contributed by atoms with Crippen LogP contribution in [0.5, 0.6) is 0 Å². The largest absolute Gasteiger partial charge is 0.369 e. The Morgan fingerprint density at radius 3 is 2.45 bits per heavy atom. The zero-order valence-corrected chi connectivity index (χ0v) is 15.0. The van der Waals surface area contributed by atoms with Crippen LogP contribution in [0.2, 0.25) is 0 Å². The van der Waals surface area contributed by atoms with E-state index in [9.17, 15) is 0 Å². The molecule has 0 aromatic carbocycles. The van der Waals surface area contributed by atoms with Gasteiger partial charge in [0.05, 0.1) is 9.26 Å². The summed E-state index contributed by atoms with van der Waals surface area (Å²) in [4.78, 5) is 9.57. The molecule has 0 amide bonds. The first kappa shape index (κ1) is 16.0. The van der Waals surface area contributed by atoms with E-state index in [0.717, 1.165) is 36.2 Å². The lowest BCUT2D eigenvalue weighted by Crippen LogP contribution is -2.17. The number of aromatic nitrogens is 2. The van der Waals surface area contributed by atoms with Crippen molar-refractivity contribution in [2.45, 2.75) is 65.2 Å². The minimum atomic E-state index is 0.565. The number of hydrogen-bond donors (Lipinski definition) is 1. The smallest absolute Gasteiger partial charge is 0.143 e. The summed E-state index contributed by atoms with van der Waals surface area (Å²) in [5.41, 5.74) is 1.12. The molecule has 1 aromatic heterocycles. The summed E-state index contributed by atoms with van der Waals surface area (Å²) >= 11 is 2.35. The lowest BCUT2D eigenvalue weighted by atomic mass is 9.80. The standard InChI is InChI=1S/C16H26IN3/c1-4-10-18-16-14(17)11(3)19-15(20-16)13-8-6-12(5-2)7-9-13/h12-13H,4-10H2,1-3H3,(H,18,19,20). The van der Waals surface area contributed by atoms with E-state index in [1.54, 1.807) is 0 Å². The Morgan fingerprint density at radius 2 is 1.85 bits per heavy atom. The molecule has 0 aliphatic heterocycles. The Hall–Kier alpha value is -0.390. The lowest BCUT2D eigenvalue weighted by Gasteiger charge is -2.27. The van der Waals surface area contributed by atoms with Crippen LogP contribution in [0.3, 0.4) is 0 Å². The summed E-state index contributed by atoms with van der Waals surface area (Å²) in [7, 11) is 0. The molecule has 0 radical (unpaired) electrons. The highest BCUT2D eigenvalue weighted by Crippen LogP contribution is 2.36. The molecule has 0 bridgehead atoms. The van der Waals surface area contributed by atoms with Crippen molar-refractivity contribution in [2.75, 3.05) is 11.9 Å². The highest BCUT2D eigenvalue weighted by atomic mass is 127. The van der Waals surface area contributed by atoms with Crippen molar-refractivity contribution < 1.29 is 0 Å². The third-order valence-electron chi connectivity index (χ3n) is 4.37. The van der Waals surface area contributed by atoms with Gasteiger partial charge in [0.15, 0.2) is 0 Å². The molecule has 112 valence electrons. The predicted octanol–water partition coefficient (Wildman–Crippen LogP) is 4.90. The molecule has 1 aliphatic carbocycles. The van der Waals surface area contributed by atoms with Gasteiger partial charge in [0, 0.05) is 12.5 Å². The molecule has 20 heavy (non-hydrogen) atoms. The zero-order chi connectivity index (χ0) is 14.5. The lowest BCUT2D eigenvalue weighted by molar-refractivity contribution is 0.312. The van der Waals surface area contributed by atoms with Gasteiger partial charge < -0.3 is 5.32 Å². The molecule has 3 nitrogen and oxygen atoms in total. The van der Waals surface area contributed by atoms with Crippen molar-refractivity contribution in [1.82, 2.24) is 9.97 Å². The maximum Gasteiger partial charge on any atom is 0.143 e. The Bertz CT molecular complexity index is 440. The third kappa shape index (κ3) is 3.83. The molecule has 4 heteroatoms. The van der Waals surface area contributed by atoms with Crippen LogP contribution in [0.25, 0.3) is 0 Å². The van der Waals surface area contributed by atoms with Gasteiger partial charge in [0.1, 0.15) is 11.6 Å². The van der Waals surface area contributed by atoms with E-state index in [2.05, 4.69) is 48.7 Å². The van der Waals surface area contributed by atoms with Gasteiger partial charge >= 0.3 is 0 Å². The highest BCUT2D eigenvalue weighted by molar-refractivity contribution is 14.1. The van der Waals surface area contributed by atoms with Gasteiger partial charge in [-0.15, -0.1) is 0 Å². The summed E-state index contributed by atoms with van der Waals surface area (Å²) in [6.07, 6.45) is 7.64. The van der Waals surface area contributed by atoms with Crippen LogP contribution < -0.4 is 5.32 Å². The van der Waals surface area contributed by atoms with Gasteiger partial charge in [-0.05, 0) is 67.5 Å². The quantitative estimate of drug-likeness (QED) is 0.731.